The molecule has 1 aromatic heterocycles. The lowest BCUT2D eigenvalue weighted by Gasteiger charge is -2.26. The molecule has 1 heterocycles. The van der Waals surface area contributed by atoms with Gasteiger partial charge in [-0.15, -0.1) is 11.3 Å². The van der Waals surface area contributed by atoms with Crippen LogP contribution in [-0.2, 0) is 0 Å². The maximum absolute atomic E-state index is 5.01. The standard InChI is InChI=1S/C18H22BrNS/c1-3-13-6-4-8-15(10-13)18-20-17(12(2)21-18)14-7-5-9-16(19)11-14/h5,7,9,11,13,15H,3-4,6,8,10H2,1-2H3. The Labute approximate surface area is 139 Å². The van der Waals surface area contributed by atoms with Crippen molar-refractivity contribution >= 4 is 27.3 Å². The van der Waals surface area contributed by atoms with Crippen LogP contribution in [0.2, 0.25) is 0 Å². The molecule has 0 N–H and O–H groups in total. The van der Waals surface area contributed by atoms with Gasteiger partial charge < -0.3 is 0 Å². The summed E-state index contributed by atoms with van der Waals surface area (Å²) in [7, 11) is 0. The molecule has 0 radical (unpaired) electrons. The summed E-state index contributed by atoms with van der Waals surface area (Å²) in [6.45, 7) is 4.53. The average Bonchev–Trinajstić information content (AvgIpc) is 2.89. The molecule has 21 heavy (non-hydrogen) atoms. The summed E-state index contributed by atoms with van der Waals surface area (Å²) < 4.78 is 1.12. The number of halogens is 1. The van der Waals surface area contributed by atoms with Crippen molar-refractivity contribution < 1.29 is 0 Å². The molecule has 0 amide bonds. The van der Waals surface area contributed by atoms with Gasteiger partial charge in [0.2, 0.25) is 0 Å². The molecule has 2 atom stereocenters. The van der Waals surface area contributed by atoms with Crippen LogP contribution in [0.1, 0.15) is 54.8 Å². The van der Waals surface area contributed by atoms with Crippen LogP contribution in [0.5, 0.6) is 0 Å². The molecule has 112 valence electrons. The lowest BCUT2D eigenvalue weighted by Crippen LogP contribution is -2.13. The highest BCUT2D eigenvalue weighted by molar-refractivity contribution is 9.10. The van der Waals surface area contributed by atoms with E-state index in [0.29, 0.717) is 5.92 Å². The molecule has 2 aromatic rings. The fourth-order valence-corrected chi connectivity index (χ4v) is 4.87. The summed E-state index contributed by atoms with van der Waals surface area (Å²) >= 11 is 5.47. The summed E-state index contributed by atoms with van der Waals surface area (Å²) in [5, 5.41) is 1.36. The van der Waals surface area contributed by atoms with Crippen LogP contribution in [-0.4, -0.2) is 4.98 Å². The first-order valence-electron chi connectivity index (χ1n) is 7.90. The number of hydrogen-bond acceptors (Lipinski definition) is 2. The number of thiazole rings is 1. The van der Waals surface area contributed by atoms with Crippen LogP contribution < -0.4 is 0 Å². The summed E-state index contributed by atoms with van der Waals surface area (Å²) in [6.07, 6.45) is 6.76. The average molecular weight is 364 g/mol. The Kier molecular flexibility index (Phi) is 4.80. The minimum absolute atomic E-state index is 0.688. The highest BCUT2D eigenvalue weighted by Crippen LogP contribution is 2.41. The van der Waals surface area contributed by atoms with Crippen molar-refractivity contribution in [3.05, 3.63) is 38.6 Å². The van der Waals surface area contributed by atoms with E-state index < -0.39 is 0 Å². The fraction of sp³-hybridized carbons (Fsp3) is 0.500. The monoisotopic (exact) mass is 363 g/mol. The minimum atomic E-state index is 0.688. The van der Waals surface area contributed by atoms with E-state index in [2.05, 4.69) is 54.0 Å². The lowest BCUT2D eigenvalue weighted by atomic mass is 9.80. The van der Waals surface area contributed by atoms with E-state index in [0.717, 1.165) is 10.4 Å². The molecular formula is C18H22BrNS. The van der Waals surface area contributed by atoms with E-state index in [4.69, 9.17) is 4.98 Å². The van der Waals surface area contributed by atoms with Gasteiger partial charge in [-0.3, -0.25) is 0 Å². The first-order chi connectivity index (χ1) is 10.2. The van der Waals surface area contributed by atoms with Gasteiger partial charge in [0.25, 0.3) is 0 Å². The molecule has 1 aromatic carbocycles. The zero-order valence-electron chi connectivity index (χ0n) is 12.7. The smallest absolute Gasteiger partial charge is 0.0966 e. The van der Waals surface area contributed by atoms with Gasteiger partial charge in [0.15, 0.2) is 0 Å². The molecule has 1 aliphatic rings. The molecule has 0 saturated heterocycles. The van der Waals surface area contributed by atoms with Gasteiger partial charge in [-0.25, -0.2) is 4.98 Å². The van der Waals surface area contributed by atoms with Crippen LogP contribution >= 0.6 is 27.3 Å². The van der Waals surface area contributed by atoms with Gasteiger partial charge in [-0.05, 0) is 37.8 Å². The van der Waals surface area contributed by atoms with Gasteiger partial charge in [0.05, 0.1) is 10.7 Å². The molecule has 3 rings (SSSR count). The Hall–Kier alpha value is -0.670. The first kappa shape index (κ1) is 15.2. The van der Waals surface area contributed by atoms with Gasteiger partial charge in [-0.1, -0.05) is 54.2 Å². The molecular weight excluding hydrogens is 342 g/mol. The molecule has 0 spiro atoms. The van der Waals surface area contributed by atoms with Gasteiger partial charge in [-0.2, -0.15) is 0 Å². The highest BCUT2D eigenvalue weighted by atomic mass is 79.9. The highest BCUT2D eigenvalue weighted by Gasteiger charge is 2.25. The van der Waals surface area contributed by atoms with Crippen molar-refractivity contribution in [3.63, 3.8) is 0 Å². The van der Waals surface area contributed by atoms with Crippen LogP contribution in [0.3, 0.4) is 0 Å². The summed E-state index contributed by atoms with van der Waals surface area (Å²) in [5.74, 6) is 1.59. The van der Waals surface area contributed by atoms with Crippen molar-refractivity contribution in [2.75, 3.05) is 0 Å². The zero-order valence-corrected chi connectivity index (χ0v) is 15.1. The van der Waals surface area contributed by atoms with Crippen LogP contribution in [0.4, 0.5) is 0 Å². The topological polar surface area (TPSA) is 12.9 Å². The van der Waals surface area contributed by atoms with Crippen molar-refractivity contribution in [1.82, 2.24) is 4.98 Å². The van der Waals surface area contributed by atoms with Crippen LogP contribution in [0.25, 0.3) is 11.3 Å². The fourth-order valence-electron chi connectivity index (χ4n) is 3.38. The number of aromatic nitrogens is 1. The van der Waals surface area contributed by atoms with Gasteiger partial charge in [0, 0.05) is 20.8 Å². The number of hydrogen-bond donors (Lipinski definition) is 0. The third kappa shape index (κ3) is 3.40. The summed E-state index contributed by atoms with van der Waals surface area (Å²) in [4.78, 5) is 6.36. The number of aryl methyl sites for hydroxylation is 1. The van der Waals surface area contributed by atoms with E-state index in [1.807, 2.05) is 11.3 Å². The Morgan fingerprint density at radius 1 is 1.33 bits per heavy atom. The molecule has 2 unspecified atom stereocenters. The normalized spacial score (nSPS) is 22.4. The Bertz CT molecular complexity index is 619. The Balaban J connectivity index is 1.87. The lowest BCUT2D eigenvalue weighted by molar-refractivity contribution is 0.314. The first-order valence-corrected chi connectivity index (χ1v) is 9.51. The van der Waals surface area contributed by atoms with Crippen LogP contribution in [0, 0.1) is 12.8 Å². The van der Waals surface area contributed by atoms with Crippen LogP contribution in [0.15, 0.2) is 28.7 Å². The predicted octanol–water partition coefficient (Wildman–Crippen LogP) is 6.56. The van der Waals surface area contributed by atoms with E-state index in [1.54, 1.807) is 0 Å². The van der Waals surface area contributed by atoms with Gasteiger partial charge in [0.1, 0.15) is 0 Å². The minimum Gasteiger partial charge on any atom is -0.241 e. The predicted molar refractivity (Wildman–Crippen MR) is 95.0 cm³/mol. The molecule has 1 saturated carbocycles. The Morgan fingerprint density at radius 2 is 2.19 bits per heavy atom. The maximum Gasteiger partial charge on any atom is 0.0966 e. The molecule has 1 fully saturated rings. The number of benzene rings is 1. The SMILES string of the molecule is CCC1CCCC(c2nc(-c3cccc(Br)c3)c(C)s2)C1. The third-order valence-corrected chi connectivity index (χ3v) is 6.25. The molecule has 3 heteroatoms. The maximum atomic E-state index is 5.01. The number of rotatable bonds is 3. The molecule has 0 bridgehead atoms. The molecule has 1 nitrogen and oxygen atoms in total. The molecule has 0 aliphatic heterocycles. The largest absolute Gasteiger partial charge is 0.241 e. The third-order valence-electron chi connectivity index (χ3n) is 4.62. The zero-order chi connectivity index (χ0) is 14.8. The summed E-state index contributed by atoms with van der Waals surface area (Å²) in [6, 6.07) is 8.48. The van der Waals surface area contributed by atoms with Crippen molar-refractivity contribution in [1.29, 1.82) is 0 Å². The second-order valence-corrected chi connectivity index (χ2v) is 8.26. The van der Waals surface area contributed by atoms with Gasteiger partial charge >= 0.3 is 0 Å². The second kappa shape index (κ2) is 6.62. The summed E-state index contributed by atoms with van der Waals surface area (Å²) in [5.41, 5.74) is 2.40. The van der Waals surface area contributed by atoms with E-state index in [1.165, 1.54) is 53.2 Å². The quantitative estimate of drug-likeness (QED) is 0.601. The van der Waals surface area contributed by atoms with E-state index in [9.17, 15) is 0 Å². The number of nitrogens with zero attached hydrogens (tertiary/aromatic N) is 1. The second-order valence-electron chi connectivity index (χ2n) is 6.11. The van der Waals surface area contributed by atoms with Crippen molar-refractivity contribution in [2.24, 2.45) is 5.92 Å². The van der Waals surface area contributed by atoms with E-state index >= 15 is 0 Å². The Morgan fingerprint density at radius 3 is 2.95 bits per heavy atom. The van der Waals surface area contributed by atoms with Crippen molar-refractivity contribution in [2.45, 2.75) is 51.9 Å². The van der Waals surface area contributed by atoms with E-state index in [-0.39, 0.29) is 0 Å². The molecule has 1 aliphatic carbocycles. The van der Waals surface area contributed by atoms with Crippen molar-refractivity contribution in [3.8, 4) is 11.3 Å².